The number of benzene rings is 3. The molecule has 0 spiro atoms. The van der Waals surface area contributed by atoms with E-state index in [0.717, 1.165) is 28.2 Å². The van der Waals surface area contributed by atoms with Crippen molar-refractivity contribution in [2.45, 2.75) is 0 Å². The molecule has 0 saturated carbocycles. The predicted octanol–water partition coefficient (Wildman–Crippen LogP) is 5.84. The van der Waals surface area contributed by atoms with Crippen molar-refractivity contribution < 1.29 is 4.74 Å². The van der Waals surface area contributed by atoms with Crippen LogP contribution in [0, 0.1) is 0 Å². The van der Waals surface area contributed by atoms with E-state index in [1.807, 2.05) is 30.3 Å². The van der Waals surface area contributed by atoms with E-state index in [9.17, 15) is 0 Å². The number of aromatic nitrogens is 1. The van der Waals surface area contributed by atoms with E-state index in [2.05, 4.69) is 65.7 Å². The molecule has 25 heavy (non-hydrogen) atoms. The topological polar surface area (TPSA) is 14.2 Å². The molecular weight excluding hydrogens is 306 g/mol. The molecule has 1 heterocycles. The van der Waals surface area contributed by atoms with Crippen molar-refractivity contribution in [2.24, 2.45) is 0 Å². The van der Waals surface area contributed by atoms with Gasteiger partial charge in [0, 0.05) is 11.1 Å². The average molecular weight is 325 g/mol. The molecular formula is C23H19NO. The van der Waals surface area contributed by atoms with Gasteiger partial charge in [-0.1, -0.05) is 55.1 Å². The van der Waals surface area contributed by atoms with E-state index < -0.39 is 0 Å². The van der Waals surface area contributed by atoms with Gasteiger partial charge in [-0.3, -0.25) is 0 Å². The fourth-order valence-corrected chi connectivity index (χ4v) is 3.18. The minimum absolute atomic E-state index is 0.845. The summed E-state index contributed by atoms with van der Waals surface area (Å²) in [4.78, 5) is 0. The van der Waals surface area contributed by atoms with E-state index in [1.165, 1.54) is 10.9 Å². The molecule has 0 amide bonds. The van der Waals surface area contributed by atoms with Crippen LogP contribution < -0.4 is 4.74 Å². The van der Waals surface area contributed by atoms with Gasteiger partial charge in [0.1, 0.15) is 5.75 Å². The van der Waals surface area contributed by atoms with Crippen molar-refractivity contribution in [1.82, 2.24) is 4.57 Å². The SMILES string of the molecule is C=C(c1ccc(OC)cc1)n1c(-c2ccccc2)cc2ccccc21. The Balaban J connectivity index is 1.91. The van der Waals surface area contributed by atoms with Crippen LogP contribution in [-0.4, -0.2) is 11.7 Å². The lowest BCUT2D eigenvalue weighted by molar-refractivity contribution is 0.415. The van der Waals surface area contributed by atoms with E-state index in [0.29, 0.717) is 0 Å². The summed E-state index contributed by atoms with van der Waals surface area (Å²) in [6.07, 6.45) is 0. The summed E-state index contributed by atoms with van der Waals surface area (Å²) < 4.78 is 7.50. The highest BCUT2D eigenvalue weighted by atomic mass is 16.5. The number of fused-ring (bicyclic) bond motifs is 1. The van der Waals surface area contributed by atoms with Gasteiger partial charge in [-0.15, -0.1) is 0 Å². The maximum atomic E-state index is 5.27. The Hall–Kier alpha value is -3.26. The molecule has 0 unspecified atom stereocenters. The highest BCUT2D eigenvalue weighted by Gasteiger charge is 2.13. The number of nitrogens with zero attached hydrogens (tertiary/aromatic N) is 1. The second-order valence-electron chi connectivity index (χ2n) is 5.97. The molecule has 0 saturated heterocycles. The van der Waals surface area contributed by atoms with Crippen LogP contribution >= 0.6 is 0 Å². The molecule has 0 aliphatic rings. The maximum Gasteiger partial charge on any atom is 0.118 e. The summed E-state index contributed by atoms with van der Waals surface area (Å²) >= 11 is 0. The highest BCUT2D eigenvalue weighted by molar-refractivity contribution is 5.92. The zero-order valence-corrected chi connectivity index (χ0v) is 14.1. The lowest BCUT2D eigenvalue weighted by atomic mass is 10.1. The van der Waals surface area contributed by atoms with Gasteiger partial charge < -0.3 is 9.30 Å². The maximum absolute atomic E-state index is 5.27. The Labute approximate surface area is 147 Å². The van der Waals surface area contributed by atoms with E-state index >= 15 is 0 Å². The lowest BCUT2D eigenvalue weighted by Crippen LogP contribution is -2.00. The fraction of sp³-hybridized carbons (Fsp3) is 0.0435. The molecule has 4 rings (SSSR count). The predicted molar refractivity (Wildman–Crippen MR) is 105 cm³/mol. The zero-order valence-electron chi connectivity index (χ0n) is 14.1. The van der Waals surface area contributed by atoms with Crippen molar-refractivity contribution in [3.05, 3.63) is 97.1 Å². The summed E-state index contributed by atoms with van der Waals surface area (Å²) in [6, 6.07) is 29.1. The van der Waals surface area contributed by atoms with Crippen LogP contribution in [0.2, 0.25) is 0 Å². The second-order valence-corrected chi connectivity index (χ2v) is 5.97. The van der Waals surface area contributed by atoms with Gasteiger partial charge in [0.05, 0.1) is 18.3 Å². The third-order valence-electron chi connectivity index (χ3n) is 4.47. The van der Waals surface area contributed by atoms with Crippen LogP contribution in [0.5, 0.6) is 5.75 Å². The Bertz CT molecular complexity index is 1030. The molecule has 2 heteroatoms. The fourth-order valence-electron chi connectivity index (χ4n) is 3.18. The van der Waals surface area contributed by atoms with Gasteiger partial charge in [-0.05, 0) is 47.5 Å². The molecule has 0 aliphatic carbocycles. The molecule has 0 fully saturated rings. The van der Waals surface area contributed by atoms with Gasteiger partial charge in [0.25, 0.3) is 0 Å². The molecule has 4 aromatic rings. The normalized spacial score (nSPS) is 10.8. The lowest BCUT2D eigenvalue weighted by Gasteiger charge is -2.15. The third-order valence-corrected chi connectivity index (χ3v) is 4.47. The summed E-state index contributed by atoms with van der Waals surface area (Å²) in [5, 5.41) is 1.20. The minimum atomic E-state index is 0.845. The van der Waals surface area contributed by atoms with Crippen molar-refractivity contribution in [3.8, 4) is 17.0 Å². The number of ether oxygens (including phenoxy) is 1. The first-order valence-corrected chi connectivity index (χ1v) is 8.27. The van der Waals surface area contributed by atoms with Crippen LogP contribution in [0.3, 0.4) is 0 Å². The van der Waals surface area contributed by atoms with Gasteiger partial charge in [0.2, 0.25) is 0 Å². The van der Waals surface area contributed by atoms with Gasteiger partial charge in [-0.2, -0.15) is 0 Å². The van der Waals surface area contributed by atoms with Crippen LogP contribution in [-0.2, 0) is 0 Å². The van der Waals surface area contributed by atoms with Crippen molar-refractivity contribution >= 4 is 16.6 Å². The monoisotopic (exact) mass is 325 g/mol. The number of hydrogen-bond donors (Lipinski definition) is 0. The van der Waals surface area contributed by atoms with Gasteiger partial charge in [-0.25, -0.2) is 0 Å². The molecule has 0 bridgehead atoms. The second kappa shape index (κ2) is 6.33. The van der Waals surface area contributed by atoms with Crippen molar-refractivity contribution in [3.63, 3.8) is 0 Å². The molecule has 3 aromatic carbocycles. The standard InChI is InChI=1S/C23H19NO/c1-17(18-12-14-21(25-2)15-13-18)24-22-11-7-6-10-20(22)16-23(24)19-8-4-3-5-9-19/h3-16H,1H2,2H3. The molecule has 1 aromatic heterocycles. The summed E-state index contributed by atoms with van der Waals surface area (Å²) in [6.45, 7) is 4.38. The number of para-hydroxylation sites is 1. The van der Waals surface area contributed by atoms with Crippen LogP contribution in [0.1, 0.15) is 5.56 Å². The first-order chi connectivity index (χ1) is 12.3. The first-order valence-electron chi connectivity index (χ1n) is 8.27. The molecule has 0 N–H and O–H groups in total. The van der Waals surface area contributed by atoms with Crippen LogP contribution in [0.15, 0.2) is 91.5 Å². The highest BCUT2D eigenvalue weighted by Crippen LogP contribution is 2.33. The average Bonchev–Trinajstić information content (AvgIpc) is 3.08. The minimum Gasteiger partial charge on any atom is -0.497 e. The smallest absolute Gasteiger partial charge is 0.118 e. The Morgan fingerprint density at radius 3 is 2.24 bits per heavy atom. The molecule has 0 aliphatic heterocycles. The third kappa shape index (κ3) is 2.72. The Morgan fingerprint density at radius 1 is 0.840 bits per heavy atom. The Morgan fingerprint density at radius 2 is 1.52 bits per heavy atom. The van der Waals surface area contributed by atoms with Gasteiger partial charge >= 0.3 is 0 Å². The summed E-state index contributed by atoms with van der Waals surface area (Å²) in [7, 11) is 1.68. The van der Waals surface area contributed by atoms with E-state index in [-0.39, 0.29) is 0 Å². The van der Waals surface area contributed by atoms with Crippen molar-refractivity contribution in [1.29, 1.82) is 0 Å². The molecule has 0 radical (unpaired) electrons. The van der Waals surface area contributed by atoms with Crippen LogP contribution in [0.4, 0.5) is 0 Å². The molecule has 2 nitrogen and oxygen atoms in total. The van der Waals surface area contributed by atoms with Crippen molar-refractivity contribution in [2.75, 3.05) is 7.11 Å². The number of hydrogen-bond acceptors (Lipinski definition) is 1. The molecule has 122 valence electrons. The first kappa shape index (κ1) is 15.3. The Kier molecular flexibility index (Phi) is 3.87. The summed E-state index contributed by atoms with van der Waals surface area (Å²) in [5.74, 6) is 0.845. The van der Waals surface area contributed by atoms with Gasteiger partial charge in [0.15, 0.2) is 0 Å². The number of methoxy groups -OCH3 is 1. The number of rotatable bonds is 4. The quantitative estimate of drug-likeness (QED) is 0.460. The van der Waals surface area contributed by atoms with Crippen LogP contribution in [0.25, 0.3) is 27.9 Å². The molecule has 0 atom stereocenters. The van der Waals surface area contributed by atoms with E-state index in [4.69, 9.17) is 4.74 Å². The summed E-state index contributed by atoms with van der Waals surface area (Å²) in [5.41, 5.74) is 5.49. The largest absolute Gasteiger partial charge is 0.497 e. The van der Waals surface area contributed by atoms with E-state index in [1.54, 1.807) is 7.11 Å². The zero-order chi connectivity index (χ0) is 17.2.